The fourth-order valence-corrected chi connectivity index (χ4v) is 3.22. The minimum Gasteiger partial charge on any atom is -0.389 e. The van der Waals surface area contributed by atoms with Gasteiger partial charge in [0.15, 0.2) is 0 Å². The molecule has 3 heterocycles. The zero-order valence-electron chi connectivity index (χ0n) is 16.8. The fraction of sp³-hybridized carbons (Fsp3) is 0.238. The van der Waals surface area contributed by atoms with Crippen molar-refractivity contribution in [3.8, 4) is 11.3 Å². The number of hydrogen-bond donors (Lipinski definition) is 2. The number of aryl methyl sites for hydroxylation is 1. The summed E-state index contributed by atoms with van der Waals surface area (Å²) >= 11 is 0. The molecule has 9 heteroatoms. The highest BCUT2D eigenvalue weighted by Crippen LogP contribution is 2.18. The lowest BCUT2D eigenvalue weighted by Crippen LogP contribution is -2.32. The molecule has 0 aliphatic heterocycles. The summed E-state index contributed by atoms with van der Waals surface area (Å²) in [4.78, 5) is 24.3. The van der Waals surface area contributed by atoms with Crippen LogP contribution >= 0.6 is 0 Å². The second-order valence-corrected chi connectivity index (χ2v) is 7.76. The van der Waals surface area contributed by atoms with Crippen LogP contribution in [-0.2, 0) is 13.6 Å². The van der Waals surface area contributed by atoms with E-state index in [0.29, 0.717) is 22.3 Å². The maximum Gasteiger partial charge on any atom is 0.280 e. The summed E-state index contributed by atoms with van der Waals surface area (Å²) in [5.74, 6) is -0.897. The number of imidazole rings is 1. The lowest BCUT2D eigenvalue weighted by Gasteiger charge is -2.18. The molecule has 0 spiro atoms. The molecule has 0 aliphatic carbocycles. The van der Waals surface area contributed by atoms with Gasteiger partial charge < -0.3 is 14.7 Å². The first-order valence-corrected chi connectivity index (χ1v) is 9.34. The van der Waals surface area contributed by atoms with Gasteiger partial charge in [-0.2, -0.15) is 10.1 Å². The lowest BCUT2D eigenvalue weighted by atomic mass is 10.1. The van der Waals surface area contributed by atoms with E-state index in [0.717, 1.165) is 5.56 Å². The number of carbonyl (C=O) groups excluding carboxylic acids is 1. The molecule has 0 atom stereocenters. The predicted octanol–water partition coefficient (Wildman–Crippen LogP) is 2.42. The summed E-state index contributed by atoms with van der Waals surface area (Å²) in [6.45, 7) is 3.47. The van der Waals surface area contributed by atoms with Crippen LogP contribution in [0.2, 0.25) is 0 Å². The number of fused-ring (bicyclic) bond motifs is 1. The Hall–Kier alpha value is -3.59. The van der Waals surface area contributed by atoms with E-state index in [-0.39, 0.29) is 12.2 Å². The van der Waals surface area contributed by atoms with Crippen molar-refractivity contribution in [1.29, 1.82) is 0 Å². The molecule has 154 valence electrons. The molecule has 0 bridgehead atoms. The van der Waals surface area contributed by atoms with Gasteiger partial charge in [0.05, 0.1) is 35.1 Å². The number of nitrogens with zero attached hydrogens (tertiary/aromatic N) is 5. The first-order chi connectivity index (χ1) is 14.2. The number of rotatable bonds is 4. The largest absolute Gasteiger partial charge is 0.389 e. The second kappa shape index (κ2) is 7.34. The van der Waals surface area contributed by atoms with Crippen LogP contribution in [-0.4, -0.2) is 40.9 Å². The van der Waals surface area contributed by atoms with E-state index in [1.165, 1.54) is 18.3 Å². The smallest absolute Gasteiger partial charge is 0.280 e. The molecule has 4 aromatic rings. The van der Waals surface area contributed by atoms with Gasteiger partial charge in [-0.05, 0) is 44.2 Å². The topological polar surface area (TPSA) is 101 Å². The van der Waals surface area contributed by atoms with Crippen LogP contribution in [0.25, 0.3) is 22.3 Å². The molecule has 0 saturated heterocycles. The fourth-order valence-electron chi connectivity index (χ4n) is 3.22. The summed E-state index contributed by atoms with van der Waals surface area (Å²) in [6.07, 6.45) is 5.01. The molecule has 0 saturated carbocycles. The highest BCUT2D eigenvalue weighted by Gasteiger charge is 2.18. The van der Waals surface area contributed by atoms with Gasteiger partial charge in [-0.3, -0.25) is 14.5 Å². The van der Waals surface area contributed by atoms with E-state index in [9.17, 15) is 14.3 Å². The number of benzene rings is 1. The minimum absolute atomic E-state index is 0.169. The molecule has 30 heavy (non-hydrogen) atoms. The summed E-state index contributed by atoms with van der Waals surface area (Å²) < 4.78 is 17.0. The van der Waals surface area contributed by atoms with Gasteiger partial charge in [0.2, 0.25) is 5.62 Å². The van der Waals surface area contributed by atoms with Crippen LogP contribution in [0.5, 0.6) is 0 Å². The van der Waals surface area contributed by atoms with Crippen molar-refractivity contribution >= 4 is 16.9 Å². The molecule has 1 amide bonds. The Morgan fingerprint density at radius 2 is 2.10 bits per heavy atom. The number of pyridine rings is 1. The number of halogens is 1. The monoisotopic (exact) mass is 408 g/mol. The Morgan fingerprint density at radius 1 is 1.30 bits per heavy atom. The highest BCUT2D eigenvalue weighted by molar-refractivity contribution is 5.95. The van der Waals surface area contributed by atoms with Crippen LogP contribution < -0.4 is 5.62 Å². The number of aromatic amines is 1. The van der Waals surface area contributed by atoms with E-state index in [4.69, 9.17) is 0 Å². The molecule has 0 unspecified atom stereocenters. The first-order valence-electron chi connectivity index (χ1n) is 9.34. The Kier molecular flexibility index (Phi) is 4.83. The zero-order chi connectivity index (χ0) is 21.5. The Morgan fingerprint density at radius 3 is 2.80 bits per heavy atom. The first kappa shape index (κ1) is 19.7. The number of nitrogens with one attached hydrogen (secondary N) is 1. The zero-order valence-corrected chi connectivity index (χ0v) is 16.8. The summed E-state index contributed by atoms with van der Waals surface area (Å²) in [5.41, 5.74) is 2.02. The van der Waals surface area contributed by atoms with E-state index >= 15 is 0 Å². The van der Waals surface area contributed by atoms with Gasteiger partial charge in [-0.25, -0.2) is 4.39 Å². The maximum atomic E-state index is 13.7. The predicted molar refractivity (Wildman–Crippen MR) is 109 cm³/mol. The van der Waals surface area contributed by atoms with Crippen LogP contribution in [0, 0.1) is 5.82 Å². The molecular formula is C21H21FN6O2. The van der Waals surface area contributed by atoms with Crippen molar-refractivity contribution in [3.63, 3.8) is 0 Å². The van der Waals surface area contributed by atoms with E-state index in [1.54, 1.807) is 60.7 Å². The SMILES string of the molecule is Cn1cc(-c2cc(C(=O)/N=c3\[nH]c4cc(F)ccc4n3CC(C)(C)O)ccn2)cn1. The normalized spacial score (nSPS) is 12.6. The molecule has 8 nitrogen and oxygen atoms in total. The van der Waals surface area contributed by atoms with Gasteiger partial charge in [0.1, 0.15) is 5.82 Å². The number of H-pyrrole nitrogens is 1. The molecule has 2 N–H and O–H groups in total. The number of aliphatic hydroxyl groups is 1. The minimum atomic E-state index is -1.06. The third kappa shape index (κ3) is 4.06. The van der Waals surface area contributed by atoms with E-state index in [1.807, 2.05) is 0 Å². The number of amides is 1. The summed E-state index contributed by atoms with van der Waals surface area (Å²) in [6, 6.07) is 7.46. The third-order valence-corrected chi connectivity index (χ3v) is 4.51. The third-order valence-electron chi connectivity index (χ3n) is 4.51. The average Bonchev–Trinajstić information content (AvgIpc) is 3.24. The quantitative estimate of drug-likeness (QED) is 0.541. The Labute approximate surface area is 171 Å². The van der Waals surface area contributed by atoms with Gasteiger partial charge in [-0.1, -0.05) is 0 Å². The number of hydrogen-bond acceptors (Lipinski definition) is 4. The molecule has 3 aromatic heterocycles. The number of aromatic nitrogens is 5. The standard InChI is InChI=1S/C21H21FN6O2/c1-21(2,30)12-28-18-5-4-15(22)9-17(18)25-20(28)26-19(29)13-6-7-23-16(8-13)14-10-24-27(3)11-14/h4-11,30H,12H2,1-3H3,(H,25,26,29). The van der Waals surface area contributed by atoms with Gasteiger partial charge in [0.25, 0.3) is 5.91 Å². The summed E-state index contributed by atoms with van der Waals surface area (Å²) in [5, 5.41) is 14.4. The molecule has 0 aliphatic rings. The van der Waals surface area contributed by atoms with E-state index in [2.05, 4.69) is 20.1 Å². The molecule has 0 radical (unpaired) electrons. The number of carbonyl (C=O) groups is 1. The Bertz CT molecular complexity index is 1310. The highest BCUT2D eigenvalue weighted by atomic mass is 19.1. The molecular weight excluding hydrogens is 387 g/mol. The van der Waals surface area contributed by atoms with Crippen molar-refractivity contribution in [2.24, 2.45) is 12.0 Å². The molecule has 1 aromatic carbocycles. The van der Waals surface area contributed by atoms with Crippen LogP contribution in [0.15, 0.2) is 53.9 Å². The Balaban J connectivity index is 1.79. The van der Waals surface area contributed by atoms with Crippen LogP contribution in [0.4, 0.5) is 4.39 Å². The van der Waals surface area contributed by atoms with Gasteiger partial charge in [0, 0.05) is 30.6 Å². The van der Waals surface area contributed by atoms with Gasteiger partial charge >= 0.3 is 0 Å². The van der Waals surface area contributed by atoms with Crippen molar-refractivity contribution in [2.75, 3.05) is 0 Å². The molecule has 4 rings (SSSR count). The lowest BCUT2D eigenvalue weighted by molar-refractivity contribution is 0.0612. The molecule has 0 fully saturated rings. The van der Waals surface area contributed by atoms with Crippen molar-refractivity contribution in [3.05, 3.63) is 65.9 Å². The van der Waals surface area contributed by atoms with Gasteiger partial charge in [-0.15, -0.1) is 0 Å². The van der Waals surface area contributed by atoms with Crippen molar-refractivity contribution in [2.45, 2.75) is 26.0 Å². The van der Waals surface area contributed by atoms with Crippen molar-refractivity contribution in [1.82, 2.24) is 24.3 Å². The van der Waals surface area contributed by atoms with Crippen LogP contribution in [0.1, 0.15) is 24.2 Å². The second-order valence-electron chi connectivity index (χ2n) is 7.76. The maximum absolute atomic E-state index is 13.7. The summed E-state index contributed by atoms with van der Waals surface area (Å²) in [7, 11) is 1.80. The van der Waals surface area contributed by atoms with E-state index < -0.39 is 17.3 Å². The van der Waals surface area contributed by atoms with Crippen molar-refractivity contribution < 1.29 is 14.3 Å². The van der Waals surface area contributed by atoms with Crippen LogP contribution in [0.3, 0.4) is 0 Å². The average molecular weight is 408 g/mol.